The average Bonchev–Trinajstić information content (AvgIpc) is 3.22. The van der Waals surface area contributed by atoms with Gasteiger partial charge in [0, 0.05) is 63.6 Å². The number of aliphatic hydroxyl groups is 1. The molecule has 3 atom stereocenters. The Kier molecular flexibility index (Phi) is 11.2. The summed E-state index contributed by atoms with van der Waals surface area (Å²) in [7, 11) is 0. The van der Waals surface area contributed by atoms with Crippen molar-refractivity contribution >= 4 is 11.9 Å². The summed E-state index contributed by atoms with van der Waals surface area (Å²) in [6.07, 6.45) is 2.93. The van der Waals surface area contributed by atoms with E-state index in [0.29, 0.717) is 24.5 Å². The summed E-state index contributed by atoms with van der Waals surface area (Å²) in [4.78, 5) is 25.8. The Bertz CT molecular complexity index is 2070. The molecule has 0 unspecified atom stereocenters. The number of anilines is 1. The minimum Gasteiger partial charge on any atom is -0.392 e. The number of piperazine rings is 1. The number of ether oxygens (including phenoxy) is 2. The number of amides is 1. The van der Waals surface area contributed by atoms with Gasteiger partial charge in [-0.3, -0.25) is 9.69 Å². The van der Waals surface area contributed by atoms with Crippen LogP contribution >= 0.6 is 0 Å². The smallest absolute Gasteiger partial charge is 0.257 e. The Morgan fingerprint density at radius 3 is 2.07 bits per heavy atom. The molecule has 2 aliphatic heterocycles. The monoisotopic (exact) mass is 745 g/mol. The molecule has 2 saturated heterocycles. The number of carbonyl (C=O) groups is 1. The molecule has 2 aliphatic rings. The standard InChI is InChI=1S/C40H36F5N5O4/c41-33-32(34(42)36(44)37(45)35(33)43)38(52)48-21-25-4-1-5-27(18-25)28-6-2-7-29(19-28)39-53-30(20-31(54-39)26-10-8-24(23-51)9-11-26)22-49-14-16-50(17-15-49)40-46-12-3-13-47-40/h1-13,18-19,30-31,39,51H,14-17,20-23H2,(H,48,52)/t30-,31+,39+/m1/s1. The van der Waals surface area contributed by atoms with Crippen LogP contribution in [0, 0.1) is 29.1 Å². The van der Waals surface area contributed by atoms with Crippen molar-refractivity contribution in [3.8, 4) is 11.1 Å². The van der Waals surface area contributed by atoms with Crippen LogP contribution in [-0.2, 0) is 22.6 Å². The van der Waals surface area contributed by atoms with E-state index in [1.807, 2.05) is 54.6 Å². The van der Waals surface area contributed by atoms with E-state index in [1.165, 1.54) is 0 Å². The second-order valence-electron chi connectivity index (χ2n) is 13.1. The lowest BCUT2D eigenvalue weighted by Crippen LogP contribution is -2.50. The third kappa shape index (κ3) is 8.11. The minimum absolute atomic E-state index is 0.0636. The van der Waals surface area contributed by atoms with Gasteiger partial charge >= 0.3 is 0 Å². The lowest BCUT2D eigenvalue weighted by atomic mass is 9.98. The Morgan fingerprint density at radius 2 is 1.39 bits per heavy atom. The van der Waals surface area contributed by atoms with Gasteiger partial charge in [0.25, 0.3) is 5.91 Å². The zero-order valence-corrected chi connectivity index (χ0v) is 28.9. The first-order valence-electron chi connectivity index (χ1n) is 17.4. The van der Waals surface area contributed by atoms with Crippen LogP contribution in [0.25, 0.3) is 11.1 Å². The maximum absolute atomic E-state index is 14.2. The zero-order valence-electron chi connectivity index (χ0n) is 28.9. The topological polar surface area (TPSA) is 100 Å². The highest BCUT2D eigenvalue weighted by atomic mass is 19.2. The molecule has 7 rings (SSSR count). The van der Waals surface area contributed by atoms with Gasteiger partial charge in [0.1, 0.15) is 5.56 Å². The molecular weight excluding hydrogens is 709 g/mol. The number of aromatic nitrogens is 2. The maximum atomic E-state index is 14.2. The summed E-state index contributed by atoms with van der Waals surface area (Å²) in [6.45, 7) is 3.57. The Labute approximate surface area is 308 Å². The van der Waals surface area contributed by atoms with E-state index in [-0.39, 0.29) is 25.4 Å². The number of rotatable bonds is 10. The summed E-state index contributed by atoms with van der Waals surface area (Å²) in [5.41, 5.74) is 3.03. The number of benzene rings is 4. The van der Waals surface area contributed by atoms with Crippen molar-refractivity contribution in [3.05, 3.63) is 148 Å². The normalized spacial score (nSPS) is 19.1. The van der Waals surface area contributed by atoms with Crippen LogP contribution in [0.5, 0.6) is 0 Å². The molecule has 280 valence electrons. The maximum Gasteiger partial charge on any atom is 0.257 e. The van der Waals surface area contributed by atoms with Crippen molar-refractivity contribution in [2.45, 2.75) is 38.1 Å². The van der Waals surface area contributed by atoms with Gasteiger partial charge in [-0.25, -0.2) is 31.9 Å². The third-order valence-corrected chi connectivity index (χ3v) is 9.59. The molecule has 3 heterocycles. The molecule has 2 N–H and O–H groups in total. The molecule has 0 radical (unpaired) electrons. The summed E-state index contributed by atoms with van der Waals surface area (Å²) in [5, 5.41) is 11.8. The van der Waals surface area contributed by atoms with Crippen molar-refractivity contribution in [1.29, 1.82) is 0 Å². The summed E-state index contributed by atoms with van der Waals surface area (Å²) >= 11 is 0. The molecule has 4 aromatic carbocycles. The van der Waals surface area contributed by atoms with Crippen molar-refractivity contribution in [1.82, 2.24) is 20.2 Å². The van der Waals surface area contributed by atoms with Gasteiger partial charge < -0.3 is 24.8 Å². The molecule has 9 nitrogen and oxygen atoms in total. The van der Waals surface area contributed by atoms with Gasteiger partial charge in [-0.1, -0.05) is 60.7 Å². The van der Waals surface area contributed by atoms with E-state index >= 15 is 0 Å². The van der Waals surface area contributed by atoms with E-state index in [1.54, 1.807) is 36.7 Å². The summed E-state index contributed by atoms with van der Waals surface area (Å²) in [6, 6.07) is 24.0. The number of nitrogens with one attached hydrogen (secondary N) is 1. The van der Waals surface area contributed by atoms with Gasteiger partial charge in [0.2, 0.25) is 11.8 Å². The van der Waals surface area contributed by atoms with Gasteiger partial charge in [-0.15, -0.1) is 0 Å². The lowest BCUT2D eigenvalue weighted by Gasteiger charge is -2.40. The zero-order chi connectivity index (χ0) is 37.8. The van der Waals surface area contributed by atoms with Crippen molar-refractivity contribution in [2.24, 2.45) is 0 Å². The highest BCUT2D eigenvalue weighted by Gasteiger charge is 2.34. The molecule has 5 aromatic rings. The fourth-order valence-electron chi connectivity index (χ4n) is 6.71. The van der Waals surface area contributed by atoms with Crippen LogP contribution < -0.4 is 10.2 Å². The number of aliphatic hydroxyl groups excluding tert-OH is 1. The fourth-order valence-corrected chi connectivity index (χ4v) is 6.71. The number of carbonyl (C=O) groups excluding carboxylic acids is 1. The second kappa shape index (κ2) is 16.4. The predicted octanol–water partition coefficient (Wildman–Crippen LogP) is 6.63. The molecule has 0 aliphatic carbocycles. The molecule has 1 aromatic heterocycles. The number of hydrogen-bond acceptors (Lipinski definition) is 8. The summed E-state index contributed by atoms with van der Waals surface area (Å²) < 4.78 is 82.5. The van der Waals surface area contributed by atoms with E-state index < -0.39 is 46.8 Å². The molecule has 54 heavy (non-hydrogen) atoms. The van der Waals surface area contributed by atoms with Crippen LogP contribution in [0.3, 0.4) is 0 Å². The molecule has 0 bridgehead atoms. The fraction of sp³-hybridized carbons (Fsp3) is 0.275. The molecule has 1 amide bonds. The molecule has 2 fully saturated rings. The van der Waals surface area contributed by atoms with E-state index in [9.17, 15) is 31.9 Å². The molecule has 14 heteroatoms. The van der Waals surface area contributed by atoms with Crippen LogP contribution in [0.2, 0.25) is 0 Å². The highest BCUT2D eigenvalue weighted by Crippen LogP contribution is 2.39. The van der Waals surface area contributed by atoms with Gasteiger partial charge in [0.15, 0.2) is 29.6 Å². The highest BCUT2D eigenvalue weighted by molar-refractivity contribution is 5.94. The molecular formula is C40H36F5N5O4. The van der Waals surface area contributed by atoms with Gasteiger partial charge in [0.05, 0.1) is 18.8 Å². The molecule has 0 saturated carbocycles. The molecule has 0 spiro atoms. The first kappa shape index (κ1) is 37.1. The number of nitrogens with zero attached hydrogens (tertiary/aromatic N) is 4. The van der Waals surface area contributed by atoms with E-state index in [4.69, 9.17) is 9.47 Å². The van der Waals surface area contributed by atoms with Gasteiger partial charge in [-0.2, -0.15) is 0 Å². The number of hydrogen-bond donors (Lipinski definition) is 2. The van der Waals surface area contributed by atoms with Crippen LogP contribution in [0.15, 0.2) is 91.3 Å². The first-order chi connectivity index (χ1) is 26.2. The van der Waals surface area contributed by atoms with Crippen LogP contribution in [0.1, 0.15) is 51.4 Å². The van der Waals surface area contributed by atoms with Gasteiger partial charge in [-0.05, 0) is 46.0 Å². The van der Waals surface area contributed by atoms with E-state index in [0.717, 1.165) is 54.0 Å². The third-order valence-electron chi connectivity index (χ3n) is 9.59. The Hall–Kier alpha value is -5.28. The lowest BCUT2D eigenvalue weighted by molar-refractivity contribution is -0.253. The number of halogens is 5. The van der Waals surface area contributed by atoms with Crippen molar-refractivity contribution in [3.63, 3.8) is 0 Å². The Balaban J connectivity index is 1.07. The SMILES string of the molecule is O=C(NCc1cccc(-c2cccc([C@H]3O[C@@H](CN4CCN(c5ncccn5)CC4)C[C@@H](c4ccc(CO)cc4)O3)c2)c1)c1c(F)c(F)c(F)c(F)c1F. The van der Waals surface area contributed by atoms with Crippen molar-refractivity contribution < 1.29 is 41.3 Å². The van der Waals surface area contributed by atoms with Crippen LogP contribution in [-0.4, -0.2) is 64.7 Å². The quantitative estimate of drug-likeness (QED) is 0.0935. The average molecular weight is 746 g/mol. The Morgan fingerprint density at radius 1 is 0.741 bits per heavy atom. The van der Waals surface area contributed by atoms with E-state index in [2.05, 4.69) is 25.1 Å². The predicted molar refractivity (Wildman–Crippen MR) is 188 cm³/mol. The first-order valence-corrected chi connectivity index (χ1v) is 17.4. The van der Waals surface area contributed by atoms with Crippen molar-refractivity contribution in [2.75, 3.05) is 37.6 Å². The minimum atomic E-state index is -2.34. The summed E-state index contributed by atoms with van der Waals surface area (Å²) in [5.74, 6) is -11.9. The second-order valence-corrected chi connectivity index (χ2v) is 13.1. The van der Waals surface area contributed by atoms with Crippen LogP contribution in [0.4, 0.5) is 27.9 Å². The largest absolute Gasteiger partial charge is 0.392 e.